The minimum atomic E-state index is -0.882. The third kappa shape index (κ3) is 3.40. The summed E-state index contributed by atoms with van der Waals surface area (Å²) in [5.74, 6) is -0.615. The Bertz CT molecular complexity index is 417. The Morgan fingerprint density at radius 1 is 1.13 bits per heavy atom. The molecule has 2 saturated heterocycles. The minimum absolute atomic E-state index is 0.0207. The molecule has 5 atom stereocenters. The fourth-order valence-corrected chi connectivity index (χ4v) is 3.98. The standard InChI is InChI=1S/C17H31NO5/c1-12-9-16(2,22-6)23-17(12,3)15(19)18-13(10-20-4)7-8-14(18)11-21-5/h12-14H,7-11H2,1-6H3/t12-,13-,14-,16?,17-/m1/s1. The van der Waals surface area contributed by atoms with E-state index in [0.29, 0.717) is 19.6 Å². The SMILES string of the molecule is COC[C@H]1CC[C@H](COC)N1C(=O)[C@]1(C)OC(C)(OC)C[C@H]1C. The molecule has 6 heteroatoms. The lowest BCUT2D eigenvalue weighted by molar-refractivity contribution is -0.229. The van der Waals surface area contributed by atoms with Crippen LogP contribution in [0.3, 0.4) is 0 Å². The molecule has 2 aliphatic heterocycles. The van der Waals surface area contributed by atoms with E-state index in [1.807, 2.05) is 18.7 Å². The second-order valence-corrected chi connectivity index (χ2v) is 7.16. The van der Waals surface area contributed by atoms with Gasteiger partial charge in [0.15, 0.2) is 5.79 Å². The lowest BCUT2D eigenvalue weighted by Crippen LogP contribution is -2.56. The molecule has 23 heavy (non-hydrogen) atoms. The number of amides is 1. The molecule has 0 N–H and O–H groups in total. The normalized spacial score (nSPS) is 40.8. The van der Waals surface area contributed by atoms with Crippen LogP contribution in [0.15, 0.2) is 0 Å². The Kier molecular flexibility index (Phi) is 5.72. The molecule has 134 valence electrons. The Labute approximate surface area is 139 Å². The quantitative estimate of drug-likeness (QED) is 0.744. The van der Waals surface area contributed by atoms with Crippen LogP contribution in [-0.2, 0) is 23.7 Å². The third-order valence-electron chi connectivity index (χ3n) is 5.47. The molecular weight excluding hydrogens is 298 g/mol. The summed E-state index contributed by atoms with van der Waals surface area (Å²) in [6.07, 6.45) is 2.56. The number of nitrogens with zero attached hydrogens (tertiary/aromatic N) is 1. The van der Waals surface area contributed by atoms with Gasteiger partial charge < -0.3 is 23.8 Å². The van der Waals surface area contributed by atoms with Crippen molar-refractivity contribution in [2.75, 3.05) is 34.5 Å². The van der Waals surface area contributed by atoms with Gasteiger partial charge in [-0.3, -0.25) is 4.79 Å². The van der Waals surface area contributed by atoms with Gasteiger partial charge in [-0.05, 0) is 32.6 Å². The number of ether oxygens (including phenoxy) is 4. The van der Waals surface area contributed by atoms with Gasteiger partial charge in [0.1, 0.15) is 5.60 Å². The summed E-state index contributed by atoms with van der Waals surface area (Å²) < 4.78 is 22.2. The smallest absolute Gasteiger partial charge is 0.255 e. The topological polar surface area (TPSA) is 57.2 Å². The van der Waals surface area contributed by atoms with Crippen LogP contribution >= 0.6 is 0 Å². The molecule has 0 spiro atoms. The highest BCUT2D eigenvalue weighted by Gasteiger charge is 2.57. The lowest BCUT2D eigenvalue weighted by atomic mass is 9.88. The van der Waals surface area contributed by atoms with Crippen LogP contribution in [0, 0.1) is 5.92 Å². The van der Waals surface area contributed by atoms with E-state index < -0.39 is 11.4 Å². The van der Waals surface area contributed by atoms with Crippen molar-refractivity contribution in [1.29, 1.82) is 0 Å². The minimum Gasteiger partial charge on any atom is -0.383 e. The molecule has 2 fully saturated rings. The van der Waals surface area contributed by atoms with Crippen molar-refractivity contribution in [3.8, 4) is 0 Å². The molecule has 0 bridgehead atoms. The first-order valence-electron chi connectivity index (χ1n) is 8.37. The summed E-state index contributed by atoms with van der Waals surface area (Å²) in [5.41, 5.74) is -0.882. The van der Waals surface area contributed by atoms with Crippen LogP contribution in [0.1, 0.15) is 40.0 Å². The van der Waals surface area contributed by atoms with E-state index in [1.165, 1.54) is 0 Å². The molecule has 2 rings (SSSR count). The maximum Gasteiger partial charge on any atom is 0.255 e. The molecule has 0 aromatic rings. The van der Waals surface area contributed by atoms with Crippen LogP contribution in [0.5, 0.6) is 0 Å². The van der Waals surface area contributed by atoms with Gasteiger partial charge in [0.25, 0.3) is 5.91 Å². The molecule has 0 aromatic carbocycles. The number of carbonyl (C=O) groups is 1. The van der Waals surface area contributed by atoms with Crippen LogP contribution < -0.4 is 0 Å². The molecule has 1 unspecified atom stereocenters. The van der Waals surface area contributed by atoms with E-state index in [9.17, 15) is 4.79 Å². The number of hydrogen-bond donors (Lipinski definition) is 0. The van der Waals surface area contributed by atoms with Crippen molar-refractivity contribution < 1.29 is 23.7 Å². The van der Waals surface area contributed by atoms with Crippen LogP contribution in [-0.4, -0.2) is 68.8 Å². The number of carbonyl (C=O) groups excluding carboxylic acids is 1. The largest absolute Gasteiger partial charge is 0.383 e. The fraction of sp³-hybridized carbons (Fsp3) is 0.941. The van der Waals surface area contributed by atoms with Crippen LogP contribution in [0.4, 0.5) is 0 Å². The summed E-state index contributed by atoms with van der Waals surface area (Å²) >= 11 is 0. The fourth-order valence-electron chi connectivity index (χ4n) is 3.98. The van der Waals surface area contributed by atoms with E-state index in [-0.39, 0.29) is 23.9 Å². The average molecular weight is 329 g/mol. The van der Waals surface area contributed by atoms with E-state index >= 15 is 0 Å². The monoisotopic (exact) mass is 329 g/mol. The summed E-state index contributed by atoms with van der Waals surface area (Å²) in [4.78, 5) is 15.3. The molecule has 0 saturated carbocycles. The number of rotatable bonds is 6. The van der Waals surface area contributed by atoms with Crippen molar-refractivity contribution in [3.63, 3.8) is 0 Å². The maximum atomic E-state index is 13.4. The van der Waals surface area contributed by atoms with E-state index in [2.05, 4.69) is 6.92 Å². The number of likely N-dealkylation sites (tertiary alicyclic amines) is 1. The predicted molar refractivity (Wildman–Crippen MR) is 86.1 cm³/mol. The van der Waals surface area contributed by atoms with Crippen molar-refractivity contribution in [2.45, 2.75) is 63.5 Å². The van der Waals surface area contributed by atoms with Gasteiger partial charge in [-0.2, -0.15) is 0 Å². The summed E-state index contributed by atoms with van der Waals surface area (Å²) in [5, 5.41) is 0. The van der Waals surface area contributed by atoms with Gasteiger partial charge in [0.2, 0.25) is 0 Å². The van der Waals surface area contributed by atoms with E-state index in [0.717, 1.165) is 12.8 Å². The van der Waals surface area contributed by atoms with Crippen LogP contribution in [0.25, 0.3) is 0 Å². The zero-order chi connectivity index (χ0) is 17.3. The molecule has 2 aliphatic rings. The van der Waals surface area contributed by atoms with Crippen molar-refractivity contribution in [1.82, 2.24) is 4.90 Å². The molecule has 1 amide bonds. The summed E-state index contributed by atoms with van der Waals surface area (Å²) in [7, 11) is 4.97. The third-order valence-corrected chi connectivity index (χ3v) is 5.47. The highest BCUT2D eigenvalue weighted by atomic mass is 16.7. The molecule has 0 radical (unpaired) electrons. The van der Waals surface area contributed by atoms with Gasteiger partial charge in [-0.25, -0.2) is 0 Å². The Hall–Kier alpha value is -0.690. The van der Waals surface area contributed by atoms with E-state index in [4.69, 9.17) is 18.9 Å². The first-order chi connectivity index (χ1) is 10.8. The van der Waals surface area contributed by atoms with Gasteiger partial charge in [-0.15, -0.1) is 0 Å². The molecular formula is C17H31NO5. The number of hydrogen-bond acceptors (Lipinski definition) is 5. The molecule has 0 aromatic heterocycles. The zero-order valence-corrected chi connectivity index (χ0v) is 15.3. The summed E-state index contributed by atoms with van der Waals surface area (Å²) in [6.45, 7) is 6.91. The average Bonchev–Trinajstić information content (AvgIpc) is 2.99. The van der Waals surface area contributed by atoms with Gasteiger partial charge in [0, 0.05) is 27.8 Å². The second-order valence-electron chi connectivity index (χ2n) is 7.16. The Balaban J connectivity index is 2.24. The van der Waals surface area contributed by atoms with Crippen molar-refractivity contribution in [2.24, 2.45) is 5.92 Å². The number of methoxy groups -OCH3 is 3. The van der Waals surface area contributed by atoms with Crippen LogP contribution in [0.2, 0.25) is 0 Å². The first-order valence-corrected chi connectivity index (χ1v) is 8.37. The Morgan fingerprint density at radius 2 is 1.65 bits per heavy atom. The molecule has 0 aliphatic carbocycles. The first kappa shape index (κ1) is 18.6. The molecule has 2 heterocycles. The highest BCUT2D eigenvalue weighted by Crippen LogP contribution is 2.45. The molecule has 6 nitrogen and oxygen atoms in total. The zero-order valence-electron chi connectivity index (χ0n) is 15.3. The maximum absolute atomic E-state index is 13.4. The van der Waals surface area contributed by atoms with Gasteiger partial charge in [-0.1, -0.05) is 6.92 Å². The van der Waals surface area contributed by atoms with E-state index in [1.54, 1.807) is 21.3 Å². The second kappa shape index (κ2) is 7.05. The van der Waals surface area contributed by atoms with Gasteiger partial charge in [0.05, 0.1) is 25.3 Å². The summed E-state index contributed by atoms with van der Waals surface area (Å²) in [6, 6.07) is 0.157. The van der Waals surface area contributed by atoms with Crippen molar-refractivity contribution >= 4 is 5.91 Å². The van der Waals surface area contributed by atoms with Gasteiger partial charge >= 0.3 is 0 Å². The highest BCUT2D eigenvalue weighted by molar-refractivity contribution is 5.86. The van der Waals surface area contributed by atoms with Crippen molar-refractivity contribution in [3.05, 3.63) is 0 Å². The lowest BCUT2D eigenvalue weighted by Gasteiger charge is -2.38. The predicted octanol–water partition coefficient (Wildman–Crippen LogP) is 1.82. The Morgan fingerprint density at radius 3 is 2.04 bits per heavy atom.